The number of carbonyl (C=O) groups excluding carboxylic acids is 2. The van der Waals surface area contributed by atoms with Crippen molar-refractivity contribution in [3.05, 3.63) is 101 Å². The summed E-state index contributed by atoms with van der Waals surface area (Å²) in [7, 11) is 0. The molecule has 0 aliphatic rings. The van der Waals surface area contributed by atoms with Gasteiger partial charge in [0.05, 0.1) is 0 Å². The van der Waals surface area contributed by atoms with Crippen LogP contribution in [0.4, 0.5) is 4.39 Å². The molecule has 0 aromatic heterocycles. The van der Waals surface area contributed by atoms with Crippen LogP contribution in [-0.4, -0.2) is 35.9 Å². The third kappa shape index (κ3) is 7.17. The molecule has 1 unspecified atom stereocenters. The number of hydrogen-bond donors (Lipinski definition) is 1. The third-order valence-corrected chi connectivity index (χ3v) is 5.50. The molecule has 0 radical (unpaired) electrons. The minimum Gasteiger partial charge on any atom is -0.484 e. The molecule has 0 heterocycles. The summed E-state index contributed by atoms with van der Waals surface area (Å²) < 4.78 is 20.2. The number of carbonyl (C=O) groups is 2. The summed E-state index contributed by atoms with van der Waals surface area (Å²) in [5, 5.41) is 2.90. The van der Waals surface area contributed by atoms with Crippen molar-refractivity contribution in [3.63, 3.8) is 0 Å². The summed E-state index contributed by atoms with van der Waals surface area (Å²) in [6.07, 6.45) is 1.07. The number of nitrogens with one attached hydrogen (secondary N) is 1. The van der Waals surface area contributed by atoms with Gasteiger partial charge >= 0.3 is 0 Å². The van der Waals surface area contributed by atoms with Gasteiger partial charge in [0.25, 0.3) is 5.91 Å². The summed E-state index contributed by atoms with van der Waals surface area (Å²) in [5.41, 5.74) is 2.33. The van der Waals surface area contributed by atoms with E-state index in [1.807, 2.05) is 56.3 Å². The summed E-state index contributed by atoms with van der Waals surface area (Å²) in [4.78, 5) is 28.0. The number of benzene rings is 3. The van der Waals surface area contributed by atoms with Gasteiger partial charge in [-0.1, -0.05) is 73.2 Å². The van der Waals surface area contributed by atoms with Gasteiger partial charge in [-0.05, 0) is 37.1 Å². The van der Waals surface area contributed by atoms with Crippen molar-refractivity contribution in [2.24, 2.45) is 0 Å². The lowest BCUT2D eigenvalue weighted by Gasteiger charge is -2.31. The molecule has 3 aromatic rings. The number of nitrogens with zero attached hydrogens (tertiary/aromatic N) is 1. The van der Waals surface area contributed by atoms with Gasteiger partial charge in [-0.3, -0.25) is 9.59 Å². The second-order valence-electron chi connectivity index (χ2n) is 8.21. The van der Waals surface area contributed by atoms with Gasteiger partial charge in [0.2, 0.25) is 5.91 Å². The van der Waals surface area contributed by atoms with E-state index >= 15 is 0 Å². The zero-order chi connectivity index (χ0) is 24.3. The van der Waals surface area contributed by atoms with Crippen LogP contribution in [-0.2, 0) is 22.6 Å². The van der Waals surface area contributed by atoms with E-state index in [1.165, 1.54) is 11.0 Å². The quantitative estimate of drug-likeness (QED) is 0.450. The van der Waals surface area contributed by atoms with Gasteiger partial charge in [-0.25, -0.2) is 4.39 Å². The average molecular weight is 463 g/mol. The zero-order valence-electron chi connectivity index (χ0n) is 19.7. The smallest absolute Gasteiger partial charge is 0.261 e. The maximum Gasteiger partial charge on any atom is 0.261 e. The molecule has 0 aliphatic heterocycles. The molecule has 0 saturated carbocycles. The highest BCUT2D eigenvalue weighted by atomic mass is 19.1. The Morgan fingerprint density at radius 1 is 0.971 bits per heavy atom. The molecule has 2 amide bonds. The molecule has 1 N–H and O–H groups in total. The van der Waals surface area contributed by atoms with Crippen LogP contribution in [0.25, 0.3) is 0 Å². The van der Waals surface area contributed by atoms with Crippen molar-refractivity contribution in [1.82, 2.24) is 10.2 Å². The minimum absolute atomic E-state index is 0.0419. The van der Waals surface area contributed by atoms with E-state index in [0.717, 1.165) is 17.5 Å². The van der Waals surface area contributed by atoms with Crippen LogP contribution in [0.5, 0.6) is 5.75 Å². The van der Waals surface area contributed by atoms with Crippen molar-refractivity contribution in [3.8, 4) is 5.75 Å². The summed E-state index contributed by atoms with van der Waals surface area (Å²) >= 11 is 0. The topological polar surface area (TPSA) is 58.6 Å². The number of halogens is 1. The Hall–Kier alpha value is -3.67. The van der Waals surface area contributed by atoms with Gasteiger partial charge in [0.1, 0.15) is 17.6 Å². The highest BCUT2D eigenvalue weighted by Crippen LogP contribution is 2.18. The lowest BCUT2D eigenvalue weighted by atomic mass is 10.0. The maximum absolute atomic E-state index is 14.5. The van der Waals surface area contributed by atoms with Gasteiger partial charge in [-0.15, -0.1) is 0 Å². The van der Waals surface area contributed by atoms with E-state index in [1.54, 1.807) is 30.3 Å². The molecule has 1 atom stereocenters. The molecular formula is C28H31FN2O3. The number of rotatable bonds is 11. The summed E-state index contributed by atoms with van der Waals surface area (Å²) in [6.45, 7) is 4.12. The van der Waals surface area contributed by atoms with Crippen LogP contribution >= 0.6 is 0 Å². The standard InChI is InChI=1S/C28H31FN2O3/c1-3-17-30-28(33)26(18-22-9-5-4-6-10-22)31(19-23-11-7-8-12-25(23)29)27(32)20-34-24-15-13-21(2)14-16-24/h4-16,26H,3,17-20H2,1-2H3,(H,30,33). The lowest BCUT2D eigenvalue weighted by Crippen LogP contribution is -2.51. The minimum atomic E-state index is -0.817. The Labute approximate surface area is 200 Å². The van der Waals surface area contributed by atoms with Gasteiger partial charge in [-0.2, -0.15) is 0 Å². The maximum atomic E-state index is 14.5. The average Bonchev–Trinajstić information content (AvgIpc) is 2.85. The number of amides is 2. The molecule has 3 rings (SSSR count). The van der Waals surface area contributed by atoms with Crippen molar-refractivity contribution in [2.75, 3.05) is 13.2 Å². The number of hydrogen-bond acceptors (Lipinski definition) is 3. The monoisotopic (exact) mass is 462 g/mol. The number of ether oxygens (including phenoxy) is 1. The molecule has 34 heavy (non-hydrogen) atoms. The van der Waals surface area contributed by atoms with E-state index in [9.17, 15) is 14.0 Å². The van der Waals surface area contributed by atoms with Crippen molar-refractivity contribution < 1.29 is 18.7 Å². The van der Waals surface area contributed by atoms with Crippen molar-refractivity contribution >= 4 is 11.8 Å². The van der Waals surface area contributed by atoms with E-state index in [4.69, 9.17) is 4.74 Å². The Kier molecular flexibility index (Phi) is 9.21. The normalized spacial score (nSPS) is 11.5. The molecule has 0 aliphatic carbocycles. The predicted molar refractivity (Wildman–Crippen MR) is 131 cm³/mol. The highest BCUT2D eigenvalue weighted by molar-refractivity contribution is 5.88. The van der Waals surface area contributed by atoms with Crippen molar-refractivity contribution in [1.29, 1.82) is 0 Å². The van der Waals surface area contributed by atoms with Crippen LogP contribution in [0.3, 0.4) is 0 Å². The largest absolute Gasteiger partial charge is 0.484 e. The van der Waals surface area contributed by atoms with Crippen LogP contribution < -0.4 is 10.1 Å². The van der Waals surface area contributed by atoms with Crippen molar-refractivity contribution in [2.45, 2.75) is 39.3 Å². The Bertz CT molecular complexity index is 1070. The molecule has 178 valence electrons. The second kappa shape index (κ2) is 12.5. The van der Waals surface area contributed by atoms with E-state index in [-0.39, 0.29) is 19.1 Å². The third-order valence-electron chi connectivity index (χ3n) is 5.50. The Morgan fingerprint density at radius 2 is 1.65 bits per heavy atom. The first kappa shape index (κ1) is 25.0. The molecule has 0 saturated heterocycles. The van der Waals surface area contributed by atoms with Crippen LogP contribution in [0.15, 0.2) is 78.9 Å². The highest BCUT2D eigenvalue weighted by Gasteiger charge is 2.31. The van der Waals surface area contributed by atoms with Crippen LogP contribution in [0.2, 0.25) is 0 Å². The Balaban J connectivity index is 1.89. The molecule has 0 spiro atoms. The number of aryl methyl sites for hydroxylation is 1. The first-order chi connectivity index (χ1) is 16.5. The molecule has 3 aromatic carbocycles. The lowest BCUT2D eigenvalue weighted by molar-refractivity contribution is -0.142. The summed E-state index contributed by atoms with van der Waals surface area (Å²) in [6, 6.07) is 22.3. The fourth-order valence-electron chi connectivity index (χ4n) is 3.59. The van der Waals surface area contributed by atoms with Gasteiger partial charge in [0, 0.05) is 25.1 Å². The molecule has 0 bridgehead atoms. The summed E-state index contributed by atoms with van der Waals surface area (Å²) in [5.74, 6) is -0.533. The van der Waals surface area contributed by atoms with Crippen LogP contribution in [0, 0.1) is 12.7 Å². The van der Waals surface area contributed by atoms with E-state index in [0.29, 0.717) is 24.3 Å². The van der Waals surface area contributed by atoms with Gasteiger partial charge < -0.3 is 15.0 Å². The first-order valence-electron chi connectivity index (χ1n) is 11.5. The van der Waals surface area contributed by atoms with E-state index < -0.39 is 17.8 Å². The molecular weight excluding hydrogens is 431 g/mol. The van der Waals surface area contributed by atoms with Crippen LogP contribution in [0.1, 0.15) is 30.0 Å². The second-order valence-corrected chi connectivity index (χ2v) is 8.21. The molecule has 6 heteroatoms. The molecule has 5 nitrogen and oxygen atoms in total. The predicted octanol–water partition coefficient (Wildman–Crippen LogP) is 4.68. The van der Waals surface area contributed by atoms with Gasteiger partial charge in [0.15, 0.2) is 6.61 Å². The SMILES string of the molecule is CCCNC(=O)C(Cc1ccccc1)N(Cc1ccccc1F)C(=O)COc1ccc(C)cc1. The first-order valence-corrected chi connectivity index (χ1v) is 11.5. The fourth-order valence-corrected chi connectivity index (χ4v) is 3.59. The van der Waals surface area contributed by atoms with E-state index in [2.05, 4.69) is 5.32 Å². The zero-order valence-corrected chi connectivity index (χ0v) is 19.7. The Morgan fingerprint density at radius 3 is 2.32 bits per heavy atom. The fraction of sp³-hybridized carbons (Fsp3) is 0.286. The molecule has 0 fully saturated rings.